The third-order valence-electron chi connectivity index (χ3n) is 4.92. The largest absolute Gasteiger partial charge is 0.376 e. The molecule has 4 nitrogen and oxygen atoms in total. The van der Waals surface area contributed by atoms with Crippen LogP contribution in [0.1, 0.15) is 39.5 Å². The molecule has 110 valence electrons. The molecule has 2 fully saturated rings. The summed E-state index contributed by atoms with van der Waals surface area (Å²) in [4.78, 5) is 12.5. The van der Waals surface area contributed by atoms with Gasteiger partial charge in [-0.3, -0.25) is 4.79 Å². The maximum atomic E-state index is 12.5. The van der Waals surface area contributed by atoms with Crippen molar-refractivity contribution in [1.82, 2.24) is 9.78 Å². The molecule has 0 aromatic carbocycles. The van der Waals surface area contributed by atoms with Crippen LogP contribution < -0.4 is 10.9 Å². The Hall–Kier alpha value is -1.03. The van der Waals surface area contributed by atoms with Gasteiger partial charge >= 0.3 is 0 Å². The second-order valence-corrected chi connectivity index (χ2v) is 6.87. The topological polar surface area (TPSA) is 46.9 Å². The molecule has 0 spiro atoms. The molecule has 2 aliphatic carbocycles. The van der Waals surface area contributed by atoms with Crippen molar-refractivity contribution in [1.29, 1.82) is 0 Å². The lowest BCUT2D eigenvalue weighted by Gasteiger charge is -2.21. The molecule has 1 N–H and O–H groups in total. The number of hydrogen-bond donors (Lipinski definition) is 1. The van der Waals surface area contributed by atoms with Crippen LogP contribution in [-0.4, -0.2) is 15.8 Å². The fourth-order valence-corrected chi connectivity index (χ4v) is 3.21. The quantitative estimate of drug-likeness (QED) is 0.928. The van der Waals surface area contributed by atoms with Crippen LogP contribution in [-0.2, 0) is 6.54 Å². The molecule has 20 heavy (non-hydrogen) atoms. The second-order valence-electron chi connectivity index (χ2n) is 6.46. The molecule has 1 aromatic rings. The number of hydrogen-bond acceptors (Lipinski definition) is 3. The number of aromatic nitrogens is 2. The standard InChI is InChI=1S/C15H22ClN3O/c1-9-3-6-13(10(9)2)18-14-12(16)7-17-19(15(14)20)8-11-4-5-11/h7,9-11,13,18H,3-6,8H2,1-2H3. The van der Waals surface area contributed by atoms with Gasteiger partial charge in [0.15, 0.2) is 0 Å². The van der Waals surface area contributed by atoms with Gasteiger partial charge in [-0.25, -0.2) is 4.68 Å². The molecule has 1 heterocycles. The van der Waals surface area contributed by atoms with E-state index in [0.29, 0.717) is 34.5 Å². The van der Waals surface area contributed by atoms with E-state index in [1.807, 2.05) is 0 Å². The molecular weight excluding hydrogens is 274 g/mol. The van der Waals surface area contributed by atoms with Crippen molar-refractivity contribution >= 4 is 17.3 Å². The first-order valence-electron chi connectivity index (χ1n) is 7.58. The Bertz CT molecular complexity index is 553. The van der Waals surface area contributed by atoms with Crippen molar-refractivity contribution in [3.8, 4) is 0 Å². The summed E-state index contributed by atoms with van der Waals surface area (Å²) < 4.78 is 1.56. The number of rotatable bonds is 4. The van der Waals surface area contributed by atoms with Gasteiger partial charge in [0.05, 0.1) is 11.2 Å². The van der Waals surface area contributed by atoms with E-state index < -0.39 is 0 Å². The SMILES string of the molecule is CC1CCC(Nc2c(Cl)cnn(CC3CC3)c2=O)C1C. The van der Waals surface area contributed by atoms with Gasteiger partial charge in [-0.15, -0.1) is 0 Å². The lowest BCUT2D eigenvalue weighted by molar-refractivity contribution is 0.434. The van der Waals surface area contributed by atoms with Crippen LogP contribution in [0.15, 0.2) is 11.0 Å². The van der Waals surface area contributed by atoms with Gasteiger partial charge < -0.3 is 5.32 Å². The minimum Gasteiger partial charge on any atom is -0.376 e. The molecule has 0 radical (unpaired) electrons. The number of nitrogens with zero attached hydrogens (tertiary/aromatic N) is 2. The summed E-state index contributed by atoms with van der Waals surface area (Å²) in [6.45, 7) is 5.24. The van der Waals surface area contributed by atoms with E-state index in [0.717, 1.165) is 13.0 Å². The summed E-state index contributed by atoms with van der Waals surface area (Å²) in [5.74, 6) is 1.89. The molecule has 5 heteroatoms. The number of nitrogens with one attached hydrogen (secondary N) is 1. The van der Waals surface area contributed by atoms with Crippen LogP contribution in [0.3, 0.4) is 0 Å². The monoisotopic (exact) mass is 295 g/mol. The normalized spacial score (nSPS) is 29.6. The highest BCUT2D eigenvalue weighted by Gasteiger charge is 2.31. The van der Waals surface area contributed by atoms with E-state index >= 15 is 0 Å². The molecule has 3 atom stereocenters. The van der Waals surface area contributed by atoms with E-state index in [2.05, 4.69) is 24.3 Å². The summed E-state index contributed by atoms with van der Waals surface area (Å²) in [7, 11) is 0. The fourth-order valence-electron chi connectivity index (χ4n) is 3.03. The van der Waals surface area contributed by atoms with Crippen LogP contribution in [0, 0.1) is 17.8 Å². The second kappa shape index (κ2) is 5.40. The van der Waals surface area contributed by atoms with Crippen molar-refractivity contribution in [2.24, 2.45) is 17.8 Å². The minimum atomic E-state index is -0.0730. The fraction of sp³-hybridized carbons (Fsp3) is 0.733. The van der Waals surface area contributed by atoms with Gasteiger partial charge in [-0.2, -0.15) is 5.10 Å². The minimum absolute atomic E-state index is 0.0730. The van der Waals surface area contributed by atoms with Gasteiger partial charge in [-0.1, -0.05) is 25.4 Å². The first-order valence-corrected chi connectivity index (χ1v) is 7.96. The highest BCUT2D eigenvalue weighted by atomic mass is 35.5. The van der Waals surface area contributed by atoms with E-state index in [-0.39, 0.29) is 5.56 Å². The first-order chi connectivity index (χ1) is 9.56. The molecule has 0 amide bonds. The molecule has 3 unspecified atom stereocenters. The van der Waals surface area contributed by atoms with Crippen LogP contribution >= 0.6 is 11.6 Å². The summed E-state index contributed by atoms with van der Waals surface area (Å²) in [6.07, 6.45) is 6.31. The predicted molar refractivity (Wildman–Crippen MR) is 81.2 cm³/mol. The maximum absolute atomic E-state index is 12.5. The Balaban J connectivity index is 1.82. The Kier molecular flexibility index (Phi) is 3.76. The molecule has 1 aromatic heterocycles. The summed E-state index contributed by atoms with van der Waals surface area (Å²) >= 11 is 6.18. The average molecular weight is 296 g/mol. The highest BCUT2D eigenvalue weighted by Crippen LogP contribution is 2.34. The van der Waals surface area contributed by atoms with E-state index in [4.69, 9.17) is 11.6 Å². The van der Waals surface area contributed by atoms with E-state index in [1.54, 1.807) is 10.9 Å². The van der Waals surface area contributed by atoms with Crippen LogP contribution in [0.4, 0.5) is 5.69 Å². The van der Waals surface area contributed by atoms with Crippen molar-refractivity contribution in [3.63, 3.8) is 0 Å². The molecule has 2 saturated carbocycles. The predicted octanol–water partition coefficient (Wildman–Crippen LogP) is 3.15. The van der Waals surface area contributed by atoms with Gasteiger partial charge in [0, 0.05) is 12.6 Å². The Morgan fingerprint density at radius 1 is 1.35 bits per heavy atom. The Labute approximate surface area is 124 Å². The summed E-state index contributed by atoms with van der Waals surface area (Å²) in [5.41, 5.74) is 0.462. The molecule has 0 bridgehead atoms. The van der Waals surface area contributed by atoms with Crippen molar-refractivity contribution in [3.05, 3.63) is 21.6 Å². The zero-order chi connectivity index (χ0) is 14.3. The van der Waals surface area contributed by atoms with Crippen molar-refractivity contribution in [2.45, 2.75) is 52.1 Å². The third kappa shape index (κ3) is 2.71. The van der Waals surface area contributed by atoms with E-state index in [9.17, 15) is 4.79 Å². The summed E-state index contributed by atoms with van der Waals surface area (Å²) in [6, 6.07) is 0.340. The summed E-state index contributed by atoms with van der Waals surface area (Å²) in [5, 5.41) is 7.98. The van der Waals surface area contributed by atoms with Gasteiger partial charge in [0.25, 0.3) is 5.56 Å². The lowest BCUT2D eigenvalue weighted by atomic mass is 9.98. The number of halogens is 1. The molecule has 0 aliphatic heterocycles. The first kappa shape index (κ1) is 13.9. The average Bonchev–Trinajstić information content (AvgIpc) is 3.19. The number of anilines is 1. The van der Waals surface area contributed by atoms with Gasteiger partial charge in [0.1, 0.15) is 5.69 Å². The maximum Gasteiger partial charge on any atom is 0.291 e. The third-order valence-corrected chi connectivity index (χ3v) is 5.21. The molecule has 3 rings (SSSR count). The van der Waals surface area contributed by atoms with Crippen LogP contribution in [0.2, 0.25) is 5.02 Å². The highest BCUT2D eigenvalue weighted by molar-refractivity contribution is 6.33. The molecular formula is C15H22ClN3O. The molecule has 0 saturated heterocycles. The smallest absolute Gasteiger partial charge is 0.291 e. The van der Waals surface area contributed by atoms with Crippen molar-refractivity contribution < 1.29 is 0 Å². The Morgan fingerprint density at radius 3 is 2.70 bits per heavy atom. The zero-order valence-corrected chi connectivity index (χ0v) is 12.9. The van der Waals surface area contributed by atoms with E-state index in [1.165, 1.54) is 19.3 Å². The van der Waals surface area contributed by atoms with Crippen molar-refractivity contribution in [2.75, 3.05) is 5.32 Å². The zero-order valence-electron chi connectivity index (χ0n) is 12.1. The van der Waals surface area contributed by atoms with Gasteiger partial charge in [-0.05, 0) is 43.4 Å². The van der Waals surface area contributed by atoms with Gasteiger partial charge in [0.2, 0.25) is 0 Å². The molecule has 2 aliphatic rings. The lowest BCUT2D eigenvalue weighted by Crippen LogP contribution is -2.32. The van der Waals surface area contributed by atoms with Crippen LogP contribution in [0.5, 0.6) is 0 Å². The van der Waals surface area contributed by atoms with Crippen LogP contribution in [0.25, 0.3) is 0 Å². The Morgan fingerprint density at radius 2 is 2.10 bits per heavy atom.